The molecule has 0 aromatic carbocycles. The van der Waals surface area contributed by atoms with Crippen molar-refractivity contribution in [1.82, 2.24) is 14.2 Å². The number of rotatable bonds is 4. The van der Waals surface area contributed by atoms with Crippen molar-refractivity contribution in [2.24, 2.45) is 5.92 Å². The standard InChI is InChI=1S/C15H21N3O3S2/c1-23(20,21)17-8-12-5-6-13(10-17)18(9-12)15(19)11-22-14-4-2-3-7-16-14/h2-4,7,12-13H,5-6,8-11H2,1H3/t12-,13+/m0/s1. The highest BCUT2D eigenvalue weighted by Gasteiger charge is 2.39. The van der Waals surface area contributed by atoms with Crippen LogP contribution in [0.3, 0.4) is 0 Å². The number of fused-ring (bicyclic) bond motifs is 4. The minimum absolute atomic E-state index is 0.000285. The molecule has 3 saturated heterocycles. The molecule has 0 spiro atoms. The van der Waals surface area contributed by atoms with Gasteiger partial charge in [-0.2, -0.15) is 4.31 Å². The second kappa shape index (κ2) is 6.78. The van der Waals surface area contributed by atoms with E-state index in [0.29, 0.717) is 25.4 Å². The van der Waals surface area contributed by atoms with Crippen molar-refractivity contribution in [3.05, 3.63) is 24.4 Å². The Morgan fingerprint density at radius 2 is 2.13 bits per heavy atom. The third-order valence-corrected chi connectivity index (χ3v) is 6.62. The molecule has 0 radical (unpaired) electrons. The number of amides is 1. The van der Waals surface area contributed by atoms with Crippen molar-refractivity contribution in [2.75, 3.05) is 31.6 Å². The van der Waals surface area contributed by atoms with Crippen LogP contribution in [0.1, 0.15) is 12.8 Å². The van der Waals surface area contributed by atoms with Crippen LogP contribution in [-0.4, -0.2) is 66.2 Å². The largest absolute Gasteiger partial charge is 0.337 e. The van der Waals surface area contributed by atoms with Crippen molar-refractivity contribution < 1.29 is 13.2 Å². The molecule has 1 aromatic heterocycles. The van der Waals surface area contributed by atoms with E-state index in [1.54, 1.807) is 6.20 Å². The van der Waals surface area contributed by atoms with E-state index in [2.05, 4.69) is 4.98 Å². The van der Waals surface area contributed by atoms with Gasteiger partial charge in [0.15, 0.2) is 0 Å². The molecular formula is C15H21N3O3S2. The molecule has 126 valence electrons. The van der Waals surface area contributed by atoms with Gasteiger partial charge in [-0.25, -0.2) is 13.4 Å². The van der Waals surface area contributed by atoms with Crippen LogP contribution in [0, 0.1) is 5.92 Å². The van der Waals surface area contributed by atoms with Gasteiger partial charge >= 0.3 is 0 Å². The summed E-state index contributed by atoms with van der Waals surface area (Å²) < 4.78 is 25.2. The van der Waals surface area contributed by atoms with Crippen molar-refractivity contribution in [2.45, 2.75) is 23.9 Å². The number of hydrogen-bond donors (Lipinski definition) is 0. The van der Waals surface area contributed by atoms with Gasteiger partial charge in [-0.3, -0.25) is 4.79 Å². The number of carbonyl (C=O) groups is 1. The molecule has 8 heteroatoms. The number of pyridine rings is 1. The van der Waals surface area contributed by atoms with Crippen LogP contribution in [0.4, 0.5) is 0 Å². The zero-order chi connectivity index (χ0) is 16.4. The second-order valence-electron chi connectivity index (χ2n) is 6.18. The number of nitrogens with zero attached hydrogens (tertiary/aromatic N) is 3. The first kappa shape index (κ1) is 16.7. The van der Waals surface area contributed by atoms with Gasteiger partial charge in [0.05, 0.1) is 17.0 Å². The maximum Gasteiger partial charge on any atom is 0.233 e. The third-order valence-electron chi connectivity index (χ3n) is 4.45. The molecular weight excluding hydrogens is 334 g/mol. The van der Waals surface area contributed by atoms with E-state index < -0.39 is 10.0 Å². The van der Waals surface area contributed by atoms with E-state index in [9.17, 15) is 13.2 Å². The fourth-order valence-corrected chi connectivity index (χ4v) is 4.94. The van der Waals surface area contributed by atoms with E-state index >= 15 is 0 Å². The van der Waals surface area contributed by atoms with Crippen molar-refractivity contribution >= 4 is 27.7 Å². The number of sulfonamides is 1. The van der Waals surface area contributed by atoms with Crippen LogP contribution in [0.25, 0.3) is 0 Å². The van der Waals surface area contributed by atoms with Gasteiger partial charge < -0.3 is 4.90 Å². The van der Waals surface area contributed by atoms with Crippen LogP contribution in [0.2, 0.25) is 0 Å². The van der Waals surface area contributed by atoms with Gasteiger partial charge in [0, 0.05) is 31.9 Å². The summed E-state index contributed by atoms with van der Waals surface area (Å²) >= 11 is 1.43. The highest BCUT2D eigenvalue weighted by Crippen LogP contribution is 2.30. The van der Waals surface area contributed by atoms with Crippen LogP contribution >= 0.6 is 11.8 Å². The molecule has 4 rings (SSSR count). The lowest BCUT2D eigenvalue weighted by Crippen LogP contribution is -2.48. The minimum atomic E-state index is -3.20. The molecule has 3 fully saturated rings. The van der Waals surface area contributed by atoms with E-state index in [1.165, 1.54) is 22.3 Å². The lowest BCUT2D eigenvalue weighted by molar-refractivity contribution is -0.132. The molecule has 3 aliphatic heterocycles. The molecule has 0 N–H and O–H groups in total. The summed E-state index contributed by atoms with van der Waals surface area (Å²) in [5.74, 6) is 0.664. The van der Waals surface area contributed by atoms with Crippen LogP contribution in [0.15, 0.2) is 29.4 Å². The first-order valence-electron chi connectivity index (χ1n) is 7.72. The summed E-state index contributed by atoms with van der Waals surface area (Å²) in [5, 5.41) is 0.832. The Kier molecular flexibility index (Phi) is 4.93. The monoisotopic (exact) mass is 355 g/mol. The normalized spacial score (nSPS) is 25.3. The lowest BCUT2D eigenvalue weighted by Gasteiger charge is -2.36. The molecule has 23 heavy (non-hydrogen) atoms. The summed E-state index contributed by atoms with van der Waals surface area (Å²) in [6.45, 7) is 1.63. The fourth-order valence-electron chi connectivity index (χ4n) is 3.27. The summed E-state index contributed by atoms with van der Waals surface area (Å²) in [4.78, 5) is 18.7. The second-order valence-corrected chi connectivity index (χ2v) is 9.16. The van der Waals surface area contributed by atoms with Crippen LogP contribution in [0.5, 0.6) is 0 Å². The number of piperidine rings is 1. The van der Waals surface area contributed by atoms with Gasteiger partial charge in [0.1, 0.15) is 0 Å². The highest BCUT2D eigenvalue weighted by molar-refractivity contribution is 7.99. The molecule has 2 atom stereocenters. The summed E-state index contributed by atoms with van der Waals surface area (Å²) in [5.41, 5.74) is 0. The van der Waals surface area contributed by atoms with Crippen molar-refractivity contribution in [3.8, 4) is 0 Å². The van der Waals surface area contributed by atoms with E-state index in [0.717, 1.165) is 17.9 Å². The first-order chi connectivity index (χ1) is 10.9. The fraction of sp³-hybridized carbons (Fsp3) is 0.600. The Morgan fingerprint density at radius 3 is 2.83 bits per heavy atom. The number of aromatic nitrogens is 1. The maximum absolute atomic E-state index is 12.6. The highest BCUT2D eigenvalue weighted by atomic mass is 32.2. The zero-order valence-corrected chi connectivity index (χ0v) is 14.7. The van der Waals surface area contributed by atoms with Gasteiger partial charge in [0.2, 0.25) is 15.9 Å². The quantitative estimate of drug-likeness (QED) is 0.755. The van der Waals surface area contributed by atoms with E-state index in [1.807, 2.05) is 23.1 Å². The van der Waals surface area contributed by atoms with Gasteiger partial charge in [-0.05, 0) is 30.9 Å². The average molecular weight is 355 g/mol. The molecule has 1 aromatic rings. The Bertz CT molecular complexity index is 666. The molecule has 0 aliphatic carbocycles. The Labute approximate surface area is 141 Å². The molecule has 0 unspecified atom stereocenters. The maximum atomic E-state index is 12.6. The Balaban J connectivity index is 1.65. The number of carbonyl (C=O) groups excluding carboxylic acids is 1. The van der Waals surface area contributed by atoms with Crippen LogP contribution < -0.4 is 0 Å². The Morgan fingerprint density at radius 1 is 1.30 bits per heavy atom. The molecule has 6 nitrogen and oxygen atoms in total. The zero-order valence-electron chi connectivity index (χ0n) is 13.1. The molecule has 1 amide bonds. The smallest absolute Gasteiger partial charge is 0.233 e. The lowest BCUT2D eigenvalue weighted by atomic mass is 9.95. The van der Waals surface area contributed by atoms with Gasteiger partial charge in [-0.15, -0.1) is 0 Å². The minimum Gasteiger partial charge on any atom is -0.337 e. The summed E-state index contributed by atoms with van der Waals surface area (Å²) in [7, 11) is -3.20. The summed E-state index contributed by atoms with van der Waals surface area (Å²) in [6.07, 6.45) is 4.84. The molecule has 0 saturated carbocycles. The number of thioether (sulfide) groups is 1. The molecule has 3 aliphatic rings. The number of hydrogen-bond acceptors (Lipinski definition) is 5. The van der Waals surface area contributed by atoms with Crippen molar-refractivity contribution in [3.63, 3.8) is 0 Å². The molecule has 4 heterocycles. The van der Waals surface area contributed by atoms with E-state index in [-0.39, 0.29) is 17.9 Å². The SMILES string of the molecule is CS(=O)(=O)N1C[C@@H]2CC[C@H](C1)N(C(=O)CSc1ccccn1)C2. The van der Waals surface area contributed by atoms with Gasteiger partial charge in [0.25, 0.3) is 0 Å². The average Bonchev–Trinajstić information content (AvgIpc) is 2.85. The van der Waals surface area contributed by atoms with Crippen LogP contribution in [-0.2, 0) is 14.8 Å². The first-order valence-corrected chi connectivity index (χ1v) is 10.6. The van der Waals surface area contributed by atoms with Crippen molar-refractivity contribution in [1.29, 1.82) is 0 Å². The van der Waals surface area contributed by atoms with E-state index in [4.69, 9.17) is 0 Å². The predicted molar refractivity (Wildman–Crippen MR) is 89.6 cm³/mol. The third kappa shape index (κ3) is 4.05. The molecule has 2 bridgehead atoms. The Hall–Kier alpha value is -1.12. The topological polar surface area (TPSA) is 70.6 Å². The summed E-state index contributed by atoms with van der Waals surface area (Å²) in [6, 6.07) is 5.63. The van der Waals surface area contributed by atoms with Gasteiger partial charge in [-0.1, -0.05) is 17.8 Å². The predicted octanol–water partition coefficient (Wildman–Crippen LogP) is 1.06.